The number of nitrogens with zero attached hydrogens (tertiary/aromatic N) is 1. The van der Waals surface area contributed by atoms with Gasteiger partial charge in [0.1, 0.15) is 0 Å². The molecule has 1 heterocycles. The second kappa shape index (κ2) is 6.83. The first-order chi connectivity index (χ1) is 9.65. The normalized spacial score (nSPS) is 18.6. The Balaban J connectivity index is 2.37. The SMILES string of the molecule is CCCSC1=C(C#N)[C@H](c2ccc(Cl)cc2)CC(=O)N1. The summed E-state index contributed by atoms with van der Waals surface area (Å²) >= 11 is 7.42. The highest BCUT2D eigenvalue weighted by Crippen LogP contribution is 2.36. The van der Waals surface area contributed by atoms with E-state index in [0.29, 0.717) is 22.0 Å². The Labute approximate surface area is 128 Å². The van der Waals surface area contributed by atoms with E-state index in [1.807, 2.05) is 12.1 Å². The van der Waals surface area contributed by atoms with Crippen molar-refractivity contribution >= 4 is 29.3 Å². The van der Waals surface area contributed by atoms with Crippen molar-refractivity contribution in [3.05, 3.63) is 45.5 Å². The van der Waals surface area contributed by atoms with Gasteiger partial charge in [-0.25, -0.2) is 0 Å². The van der Waals surface area contributed by atoms with Crippen LogP contribution in [0.1, 0.15) is 31.2 Å². The third kappa shape index (κ3) is 3.36. The van der Waals surface area contributed by atoms with Crippen LogP contribution in [0.25, 0.3) is 0 Å². The Morgan fingerprint density at radius 2 is 2.15 bits per heavy atom. The van der Waals surface area contributed by atoms with Crippen LogP contribution in [-0.2, 0) is 4.79 Å². The minimum atomic E-state index is -0.176. The molecule has 1 aliphatic rings. The molecule has 104 valence electrons. The van der Waals surface area contributed by atoms with Crippen molar-refractivity contribution in [2.75, 3.05) is 5.75 Å². The van der Waals surface area contributed by atoms with Gasteiger partial charge in [0.05, 0.1) is 16.7 Å². The van der Waals surface area contributed by atoms with Crippen molar-refractivity contribution < 1.29 is 4.79 Å². The van der Waals surface area contributed by atoms with E-state index < -0.39 is 0 Å². The van der Waals surface area contributed by atoms with Gasteiger partial charge in [-0.2, -0.15) is 5.26 Å². The number of halogens is 1. The highest BCUT2D eigenvalue weighted by atomic mass is 35.5. The van der Waals surface area contributed by atoms with E-state index in [2.05, 4.69) is 18.3 Å². The van der Waals surface area contributed by atoms with E-state index in [1.54, 1.807) is 12.1 Å². The van der Waals surface area contributed by atoms with E-state index in [4.69, 9.17) is 11.6 Å². The third-order valence-electron chi connectivity index (χ3n) is 3.08. The zero-order chi connectivity index (χ0) is 14.5. The maximum Gasteiger partial charge on any atom is 0.225 e. The summed E-state index contributed by atoms with van der Waals surface area (Å²) in [7, 11) is 0. The molecule has 1 aromatic rings. The number of hydrogen-bond acceptors (Lipinski definition) is 3. The van der Waals surface area contributed by atoms with Crippen molar-refractivity contribution in [2.24, 2.45) is 0 Å². The lowest BCUT2D eigenvalue weighted by Gasteiger charge is -2.25. The Bertz CT molecular complexity index is 575. The Hall–Kier alpha value is -1.44. The number of rotatable bonds is 4. The standard InChI is InChI=1S/C15H15ClN2OS/c1-2-7-20-15-13(9-17)12(8-14(19)18-15)10-3-5-11(16)6-4-10/h3-6,12H,2,7-8H2,1H3,(H,18,19)/t12-/m0/s1. The van der Waals surface area contributed by atoms with E-state index in [-0.39, 0.29) is 11.8 Å². The second-order valence-electron chi connectivity index (χ2n) is 4.56. The van der Waals surface area contributed by atoms with Gasteiger partial charge >= 0.3 is 0 Å². The first-order valence-electron chi connectivity index (χ1n) is 6.48. The summed E-state index contributed by atoms with van der Waals surface area (Å²) in [5.74, 6) is 0.668. The number of allylic oxidation sites excluding steroid dienone is 1. The number of thioether (sulfide) groups is 1. The lowest BCUT2D eigenvalue weighted by atomic mass is 9.87. The summed E-state index contributed by atoms with van der Waals surface area (Å²) in [6.07, 6.45) is 1.30. The van der Waals surface area contributed by atoms with Crippen LogP contribution in [0.3, 0.4) is 0 Å². The van der Waals surface area contributed by atoms with Crippen LogP contribution in [0.5, 0.6) is 0 Å². The molecule has 1 amide bonds. The fraction of sp³-hybridized carbons (Fsp3) is 0.333. The molecule has 0 radical (unpaired) electrons. The summed E-state index contributed by atoms with van der Waals surface area (Å²) in [6.45, 7) is 2.07. The van der Waals surface area contributed by atoms with Crippen molar-refractivity contribution in [2.45, 2.75) is 25.7 Å². The molecule has 1 atom stereocenters. The first-order valence-corrected chi connectivity index (χ1v) is 7.84. The summed E-state index contributed by atoms with van der Waals surface area (Å²) in [4.78, 5) is 11.9. The number of nitriles is 1. The molecule has 0 bridgehead atoms. The number of benzene rings is 1. The maximum atomic E-state index is 11.9. The molecular formula is C15H15ClN2OS. The van der Waals surface area contributed by atoms with Crippen LogP contribution in [0, 0.1) is 11.3 Å². The number of amides is 1. The molecule has 3 nitrogen and oxygen atoms in total. The van der Waals surface area contributed by atoms with Crippen molar-refractivity contribution in [1.82, 2.24) is 5.32 Å². The second-order valence-corrected chi connectivity index (χ2v) is 6.10. The molecule has 2 rings (SSSR count). The number of nitrogens with one attached hydrogen (secondary N) is 1. The highest BCUT2D eigenvalue weighted by Gasteiger charge is 2.29. The van der Waals surface area contributed by atoms with Crippen LogP contribution >= 0.6 is 23.4 Å². The molecule has 0 saturated heterocycles. The van der Waals surface area contributed by atoms with Gasteiger partial charge in [0.2, 0.25) is 5.91 Å². The molecule has 0 spiro atoms. The van der Waals surface area contributed by atoms with Crippen LogP contribution in [0.15, 0.2) is 34.9 Å². The van der Waals surface area contributed by atoms with Gasteiger partial charge in [-0.3, -0.25) is 4.79 Å². The van der Waals surface area contributed by atoms with E-state index in [0.717, 1.165) is 17.7 Å². The minimum Gasteiger partial charge on any atom is -0.320 e. The lowest BCUT2D eigenvalue weighted by Crippen LogP contribution is -2.30. The molecule has 1 aliphatic heterocycles. The molecule has 20 heavy (non-hydrogen) atoms. The maximum absolute atomic E-state index is 11.9. The molecule has 1 N–H and O–H groups in total. The van der Waals surface area contributed by atoms with E-state index >= 15 is 0 Å². The first kappa shape index (κ1) is 15.0. The van der Waals surface area contributed by atoms with Crippen LogP contribution < -0.4 is 5.32 Å². The van der Waals surface area contributed by atoms with Crippen LogP contribution in [0.4, 0.5) is 0 Å². The van der Waals surface area contributed by atoms with E-state index in [9.17, 15) is 10.1 Å². The van der Waals surface area contributed by atoms with Gasteiger partial charge in [-0.15, -0.1) is 11.8 Å². The number of carbonyl (C=O) groups excluding carboxylic acids is 1. The smallest absolute Gasteiger partial charge is 0.225 e. The lowest BCUT2D eigenvalue weighted by molar-refractivity contribution is -0.120. The van der Waals surface area contributed by atoms with Gasteiger partial charge < -0.3 is 5.32 Å². The van der Waals surface area contributed by atoms with Gasteiger partial charge in [0.25, 0.3) is 0 Å². The quantitative estimate of drug-likeness (QED) is 0.920. The number of hydrogen-bond donors (Lipinski definition) is 1. The minimum absolute atomic E-state index is 0.0393. The molecule has 0 fully saturated rings. The molecule has 0 saturated carbocycles. The van der Waals surface area contributed by atoms with Gasteiger partial charge in [-0.1, -0.05) is 30.7 Å². The zero-order valence-corrected chi connectivity index (χ0v) is 12.7. The molecule has 0 aliphatic carbocycles. The van der Waals surface area contributed by atoms with Gasteiger partial charge in [0.15, 0.2) is 0 Å². The highest BCUT2D eigenvalue weighted by molar-refractivity contribution is 8.03. The summed E-state index contributed by atoms with van der Waals surface area (Å²) < 4.78 is 0. The molecular weight excluding hydrogens is 292 g/mol. The monoisotopic (exact) mass is 306 g/mol. The third-order valence-corrected chi connectivity index (χ3v) is 4.55. The Kier molecular flexibility index (Phi) is 5.11. The summed E-state index contributed by atoms with van der Waals surface area (Å²) in [5, 5.41) is 13.6. The van der Waals surface area contributed by atoms with Crippen LogP contribution in [0.2, 0.25) is 5.02 Å². The summed E-state index contributed by atoms with van der Waals surface area (Å²) in [5.41, 5.74) is 1.60. The Morgan fingerprint density at radius 3 is 2.75 bits per heavy atom. The van der Waals surface area contributed by atoms with Crippen LogP contribution in [-0.4, -0.2) is 11.7 Å². The average Bonchev–Trinajstić information content (AvgIpc) is 2.45. The average molecular weight is 307 g/mol. The van der Waals surface area contributed by atoms with Gasteiger partial charge in [-0.05, 0) is 29.9 Å². The molecule has 1 aromatic carbocycles. The van der Waals surface area contributed by atoms with Gasteiger partial charge in [0, 0.05) is 17.4 Å². The Morgan fingerprint density at radius 1 is 1.45 bits per heavy atom. The largest absolute Gasteiger partial charge is 0.320 e. The fourth-order valence-corrected chi connectivity index (χ4v) is 3.18. The summed E-state index contributed by atoms with van der Waals surface area (Å²) in [6, 6.07) is 9.60. The molecule has 0 aromatic heterocycles. The fourth-order valence-electron chi connectivity index (χ4n) is 2.12. The molecule has 0 unspecified atom stereocenters. The topological polar surface area (TPSA) is 52.9 Å². The van der Waals surface area contributed by atoms with E-state index in [1.165, 1.54) is 11.8 Å². The van der Waals surface area contributed by atoms with Crippen molar-refractivity contribution in [3.63, 3.8) is 0 Å². The van der Waals surface area contributed by atoms with Crippen molar-refractivity contribution in [1.29, 1.82) is 5.26 Å². The molecule has 5 heteroatoms. The number of carbonyl (C=O) groups is 1. The van der Waals surface area contributed by atoms with Crippen molar-refractivity contribution in [3.8, 4) is 6.07 Å². The predicted octanol–water partition coefficient (Wildman–Crippen LogP) is 3.82. The zero-order valence-electron chi connectivity index (χ0n) is 11.1. The predicted molar refractivity (Wildman–Crippen MR) is 82.3 cm³/mol.